The Kier molecular flexibility index (Phi) is 4.81. The molecule has 0 bridgehead atoms. The second kappa shape index (κ2) is 7.01. The predicted molar refractivity (Wildman–Crippen MR) is 90.6 cm³/mol. The summed E-state index contributed by atoms with van der Waals surface area (Å²) in [6, 6.07) is 13.1. The minimum Gasteiger partial charge on any atom is -0.484 e. The summed E-state index contributed by atoms with van der Waals surface area (Å²) in [6.07, 6.45) is 2.73. The Bertz CT molecular complexity index is 678. The molecule has 1 N–H and O–H groups in total. The van der Waals surface area contributed by atoms with Crippen molar-refractivity contribution in [3.63, 3.8) is 0 Å². The summed E-state index contributed by atoms with van der Waals surface area (Å²) in [4.78, 5) is 18.4. The standard InChI is InChI=1S/C19H22N2O3/c1-15-7-8-17(20-13-15)19(23)9-11-21(12-10-19)18(22)14-24-16-5-3-2-4-6-16/h2-8,13,23H,9-12,14H2,1H3. The molecular weight excluding hydrogens is 304 g/mol. The first-order valence-corrected chi connectivity index (χ1v) is 8.18. The van der Waals surface area contributed by atoms with Gasteiger partial charge in [-0.05, 0) is 43.5 Å². The summed E-state index contributed by atoms with van der Waals surface area (Å²) in [5, 5.41) is 10.8. The van der Waals surface area contributed by atoms with E-state index in [9.17, 15) is 9.90 Å². The molecule has 2 heterocycles. The molecule has 0 aliphatic carbocycles. The molecule has 5 heteroatoms. The van der Waals surface area contributed by atoms with Crippen LogP contribution in [0.25, 0.3) is 0 Å². The van der Waals surface area contributed by atoms with Crippen molar-refractivity contribution in [3.8, 4) is 5.75 Å². The number of benzene rings is 1. The van der Waals surface area contributed by atoms with Crippen LogP contribution in [0.1, 0.15) is 24.1 Å². The van der Waals surface area contributed by atoms with Gasteiger partial charge in [0.2, 0.25) is 0 Å². The molecule has 0 unspecified atom stereocenters. The summed E-state index contributed by atoms with van der Waals surface area (Å²) in [6.45, 7) is 2.99. The van der Waals surface area contributed by atoms with Gasteiger partial charge in [-0.2, -0.15) is 0 Å². The molecule has 1 saturated heterocycles. The van der Waals surface area contributed by atoms with Gasteiger partial charge in [0.05, 0.1) is 5.69 Å². The molecule has 5 nitrogen and oxygen atoms in total. The van der Waals surface area contributed by atoms with E-state index in [1.165, 1.54) is 0 Å². The number of ether oxygens (including phenoxy) is 1. The predicted octanol–water partition coefficient (Wildman–Crippen LogP) is 2.28. The van der Waals surface area contributed by atoms with Crippen LogP contribution in [-0.2, 0) is 10.4 Å². The minimum atomic E-state index is -0.954. The van der Waals surface area contributed by atoms with Crippen LogP contribution in [0.15, 0.2) is 48.7 Å². The van der Waals surface area contributed by atoms with Crippen molar-refractivity contribution in [1.82, 2.24) is 9.88 Å². The zero-order valence-electron chi connectivity index (χ0n) is 13.8. The zero-order valence-corrected chi connectivity index (χ0v) is 13.8. The van der Waals surface area contributed by atoms with Crippen molar-refractivity contribution in [3.05, 3.63) is 59.9 Å². The SMILES string of the molecule is Cc1ccc(C2(O)CCN(C(=O)COc3ccccc3)CC2)nc1. The van der Waals surface area contributed by atoms with Crippen LogP contribution >= 0.6 is 0 Å². The number of para-hydroxylation sites is 1. The molecule has 0 radical (unpaired) electrons. The number of hydrogen-bond acceptors (Lipinski definition) is 4. The number of carbonyl (C=O) groups excluding carboxylic acids is 1. The van der Waals surface area contributed by atoms with E-state index in [1.54, 1.807) is 11.1 Å². The fraction of sp³-hybridized carbons (Fsp3) is 0.368. The minimum absolute atomic E-state index is 0.0191. The van der Waals surface area contributed by atoms with Crippen molar-refractivity contribution in [2.45, 2.75) is 25.4 Å². The third kappa shape index (κ3) is 3.74. The van der Waals surface area contributed by atoms with Crippen LogP contribution in [0.5, 0.6) is 5.75 Å². The lowest BCUT2D eigenvalue weighted by atomic mass is 9.87. The number of amides is 1. The highest BCUT2D eigenvalue weighted by Crippen LogP contribution is 2.31. The van der Waals surface area contributed by atoms with Crippen LogP contribution in [-0.4, -0.2) is 40.6 Å². The molecule has 0 spiro atoms. The van der Waals surface area contributed by atoms with Gasteiger partial charge in [0.25, 0.3) is 5.91 Å². The summed E-state index contributed by atoms with van der Waals surface area (Å²) in [5.41, 5.74) is 0.791. The first-order chi connectivity index (χ1) is 11.6. The lowest BCUT2D eigenvalue weighted by Crippen LogP contribution is -2.46. The van der Waals surface area contributed by atoms with Crippen molar-refractivity contribution < 1.29 is 14.6 Å². The van der Waals surface area contributed by atoms with E-state index < -0.39 is 5.60 Å². The van der Waals surface area contributed by atoms with Crippen LogP contribution in [0.4, 0.5) is 0 Å². The fourth-order valence-electron chi connectivity index (χ4n) is 2.88. The molecule has 126 valence electrons. The Labute approximate surface area is 141 Å². The second-order valence-electron chi connectivity index (χ2n) is 6.23. The van der Waals surface area contributed by atoms with Gasteiger partial charge in [-0.25, -0.2) is 0 Å². The number of pyridine rings is 1. The van der Waals surface area contributed by atoms with E-state index in [0.29, 0.717) is 37.4 Å². The fourth-order valence-corrected chi connectivity index (χ4v) is 2.88. The zero-order chi connectivity index (χ0) is 17.0. The van der Waals surface area contributed by atoms with Crippen molar-refractivity contribution in [2.24, 2.45) is 0 Å². The molecule has 3 rings (SSSR count). The molecule has 1 aliphatic heterocycles. The number of hydrogen-bond donors (Lipinski definition) is 1. The Morgan fingerprint density at radius 3 is 2.54 bits per heavy atom. The van der Waals surface area contributed by atoms with Gasteiger partial charge in [0.1, 0.15) is 11.4 Å². The normalized spacial score (nSPS) is 16.7. The Balaban J connectivity index is 1.54. The topological polar surface area (TPSA) is 62.7 Å². The third-order valence-corrected chi connectivity index (χ3v) is 4.44. The summed E-state index contributed by atoms with van der Waals surface area (Å²) < 4.78 is 5.50. The van der Waals surface area contributed by atoms with Gasteiger partial charge in [-0.15, -0.1) is 0 Å². The van der Waals surface area contributed by atoms with Gasteiger partial charge in [0.15, 0.2) is 6.61 Å². The lowest BCUT2D eigenvalue weighted by Gasteiger charge is -2.37. The second-order valence-corrected chi connectivity index (χ2v) is 6.23. The molecular formula is C19H22N2O3. The monoisotopic (exact) mass is 326 g/mol. The number of rotatable bonds is 4. The first-order valence-electron chi connectivity index (χ1n) is 8.18. The Hall–Kier alpha value is -2.40. The van der Waals surface area contributed by atoms with Crippen LogP contribution in [0, 0.1) is 6.92 Å². The molecule has 1 fully saturated rings. The number of aromatic nitrogens is 1. The molecule has 0 saturated carbocycles. The van der Waals surface area contributed by atoms with Crippen LogP contribution in [0.3, 0.4) is 0 Å². The van der Waals surface area contributed by atoms with Crippen molar-refractivity contribution >= 4 is 5.91 Å². The quantitative estimate of drug-likeness (QED) is 0.936. The summed E-state index contributed by atoms with van der Waals surface area (Å²) in [7, 11) is 0. The smallest absolute Gasteiger partial charge is 0.260 e. The number of carbonyl (C=O) groups is 1. The van der Waals surface area contributed by atoms with Crippen molar-refractivity contribution in [1.29, 1.82) is 0 Å². The molecule has 1 amide bonds. The molecule has 0 atom stereocenters. The third-order valence-electron chi connectivity index (χ3n) is 4.44. The maximum atomic E-state index is 12.3. The van der Waals surface area contributed by atoms with Gasteiger partial charge >= 0.3 is 0 Å². The summed E-state index contributed by atoms with van der Waals surface area (Å²) in [5.74, 6) is 0.626. The van der Waals surface area contributed by atoms with E-state index in [2.05, 4.69) is 4.98 Å². The van der Waals surface area contributed by atoms with Crippen molar-refractivity contribution in [2.75, 3.05) is 19.7 Å². The Morgan fingerprint density at radius 2 is 1.92 bits per heavy atom. The van der Waals surface area contributed by atoms with Gasteiger partial charge < -0.3 is 14.7 Å². The van der Waals surface area contributed by atoms with Crippen LogP contribution in [0.2, 0.25) is 0 Å². The highest BCUT2D eigenvalue weighted by atomic mass is 16.5. The average molecular weight is 326 g/mol. The summed E-state index contributed by atoms with van der Waals surface area (Å²) >= 11 is 0. The van der Waals surface area contributed by atoms with E-state index in [1.807, 2.05) is 49.4 Å². The number of aryl methyl sites for hydroxylation is 1. The average Bonchev–Trinajstić information content (AvgIpc) is 2.61. The van der Waals surface area contributed by atoms with E-state index in [0.717, 1.165) is 5.56 Å². The first kappa shape index (κ1) is 16.5. The van der Waals surface area contributed by atoms with E-state index in [4.69, 9.17) is 4.74 Å². The molecule has 2 aromatic rings. The molecule has 1 aromatic heterocycles. The lowest BCUT2D eigenvalue weighted by molar-refractivity contribution is -0.138. The van der Waals surface area contributed by atoms with E-state index in [-0.39, 0.29) is 12.5 Å². The maximum Gasteiger partial charge on any atom is 0.260 e. The van der Waals surface area contributed by atoms with Gasteiger partial charge in [-0.1, -0.05) is 24.3 Å². The molecule has 1 aliphatic rings. The Morgan fingerprint density at radius 1 is 1.21 bits per heavy atom. The molecule has 24 heavy (non-hydrogen) atoms. The highest BCUT2D eigenvalue weighted by molar-refractivity contribution is 5.77. The number of aliphatic hydroxyl groups is 1. The number of piperidine rings is 1. The largest absolute Gasteiger partial charge is 0.484 e. The van der Waals surface area contributed by atoms with Gasteiger partial charge in [0, 0.05) is 19.3 Å². The van der Waals surface area contributed by atoms with Crippen LogP contribution < -0.4 is 4.74 Å². The maximum absolute atomic E-state index is 12.3. The molecule has 1 aromatic carbocycles. The number of nitrogens with zero attached hydrogens (tertiary/aromatic N) is 2. The van der Waals surface area contributed by atoms with Gasteiger partial charge in [-0.3, -0.25) is 9.78 Å². The number of likely N-dealkylation sites (tertiary alicyclic amines) is 1. The highest BCUT2D eigenvalue weighted by Gasteiger charge is 2.36. The van der Waals surface area contributed by atoms with E-state index >= 15 is 0 Å².